The van der Waals surface area contributed by atoms with Crippen LogP contribution in [0.1, 0.15) is 62.4 Å². The van der Waals surface area contributed by atoms with Gasteiger partial charge < -0.3 is 10.2 Å². The summed E-state index contributed by atoms with van der Waals surface area (Å²) < 4.78 is 0. The van der Waals surface area contributed by atoms with Crippen LogP contribution < -0.4 is 0 Å². The number of carboxylic acid groups (broad SMARTS) is 1. The van der Waals surface area contributed by atoms with Gasteiger partial charge in [0.1, 0.15) is 5.75 Å². The van der Waals surface area contributed by atoms with Crippen molar-refractivity contribution in [3.63, 3.8) is 0 Å². The minimum atomic E-state index is -0.956. The zero-order valence-corrected chi connectivity index (χ0v) is 15.4. The lowest BCUT2D eigenvalue weighted by atomic mass is 9.56. The van der Waals surface area contributed by atoms with E-state index in [9.17, 15) is 15.0 Å². The van der Waals surface area contributed by atoms with Gasteiger partial charge in [-0.05, 0) is 78.7 Å². The summed E-state index contributed by atoms with van der Waals surface area (Å²) in [6, 6.07) is 4.60. The number of hydrogen-bond acceptors (Lipinski definition) is 2. The van der Waals surface area contributed by atoms with Gasteiger partial charge in [-0.1, -0.05) is 38.5 Å². The lowest BCUT2D eigenvalue weighted by Crippen LogP contribution is -2.38. The Hall–Kier alpha value is -2.03. The number of aromatic carboxylic acids is 1. The van der Waals surface area contributed by atoms with E-state index in [1.54, 1.807) is 6.07 Å². The van der Waals surface area contributed by atoms with E-state index in [-0.39, 0.29) is 16.7 Å². The van der Waals surface area contributed by atoms with Crippen LogP contribution in [-0.4, -0.2) is 16.2 Å². The standard InChI is InChI=1S/C22H28O3/c1-13-6-5-7-18-20(13)14(2)10-15(3)22(18,4)12-17-11-16(21(24)25)8-9-19(17)23/h8-9,11,14-15,23H,1,5-7,10,12H2,2-4H3,(H,24,25)/t14-,15+,22-/m1/s1. The molecule has 0 saturated carbocycles. The first kappa shape index (κ1) is 17.8. The van der Waals surface area contributed by atoms with E-state index in [0.29, 0.717) is 18.3 Å². The third-order valence-corrected chi connectivity index (χ3v) is 6.47. The quantitative estimate of drug-likeness (QED) is 0.779. The van der Waals surface area contributed by atoms with Crippen LogP contribution in [0.2, 0.25) is 0 Å². The maximum Gasteiger partial charge on any atom is 0.335 e. The van der Waals surface area contributed by atoms with Gasteiger partial charge >= 0.3 is 5.97 Å². The fourth-order valence-corrected chi connectivity index (χ4v) is 4.94. The van der Waals surface area contributed by atoms with Crippen molar-refractivity contribution in [2.45, 2.75) is 52.9 Å². The molecule has 3 nitrogen and oxygen atoms in total. The maximum atomic E-state index is 11.3. The van der Waals surface area contributed by atoms with E-state index in [1.807, 2.05) is 0 Å². The first-order chi connectivity index (χ1) is 11.7. The summed E-state index contributed by atoms with van der Waals surface area (Å²) in [5.41, 5.74) is 5.09. The number of hydrogen-bond donors (Lipinski definition) is 2. The second kappa shape index (κ2) is 6.36. The topological polar surface area (TPSA) is 57.5 Å². The second-order valence-corrected chi connectivity index (χ2v) is 8.13. The molecule has 0 heterocycles. The Morgan fingerprint density at radius 1 is 1.32 bits per heavy atom. The van der Waals surface area contributed by atoms with Crippen molar-refractivity contribution in [3.05, 3.63) is 52.6 Å². The van der Waals surface area contributed by atoms with Crippen LogP contribution in [0, 0.1) is 17.3 Å². The molecule has 0 aromatic heterocycles. The highest BCUT2D eigenvalue weighted by atomic mass is 16.4. The number of carbonyl (C=O) groups is 1. The first-order valence-corrected chi connectivity index (χ1v) is 9.21. The third kappa shape index (κ3) is 3.01. The molecule has 134 valence electrons. The van der Waals surface area contributed by atoms with Crippen LogP contribution in [0.15, 0.2) is 41.5 Å². The molecule has 0 bridgehead atoms. The first-order valence-electron chi connectivity index (χ1n) is 9.21. The molecule has 0 spiro atoms. The summed E-state index contributed by atoms with van der Waals surface area (Å²) in [5, 5.41) is 19.6. The smallest absolute Gasteiger partial charge is 0.335 e. The number of rotatable bonds is 3. The molecule has 1 aromatic rings. The van der Waals surface area contributed by atoms with E-state index >= 15 is 0 Å². The summed E-state index contributed by atoms with van der Waals surface area (Å²) in [6.07, 6.45) is 5.06. The molecule has 0 amide bonds. The number of allylic oxidation sites excluding steroid dienone is 3. The van der Waals surface area contributed by atoms with E-state index in [0.717, 1.165) is 31.2 Å². The summed E-state index contributed by atoms with van der Waals surface area (Å²) in [6.45, 7) is 11.2. The van der Waals surface area contributed by atoms with Gasteiger partial charge in [-0.15, -0.1) is 0 Å². The Bertz CT molecular complexity index is 759. The van der Waals surface area contributed by atoms with Crippen molar-refractivity contribution in [1.29, 1.82) is 0 Å². The van der Waals surface area contributed by atoms with Crippen LogP contribution in [0.5, 0.6) is 5.75 Å². The minimum Gasteiger partial charge on any atom is -0.508 e. The molecule has 2 N–H and O–H groups in total. The van der Waals surface area contributed by atoms with E-state index in [1.165, 1.54) is 28.9 Å². The molecule has 2 aliphatic carbocycles. The molecule has 0 unspecified atom stereocenters. The fourth-order valence-electron chi connectivity index (χ4n) is 4.94. The Balaban J connectivity index is 2.07. The molecule has 3 rings (SSSR count). The summed E-state index contributed by atoms with van der Waals surface area (Å²) in [5.74, 6) is 0.237. The van der Waals surface area contributed by atoms with Crippen LogP contribution >= 0.6 is 0 Å². The molecule has 0 aliphatic heterocycles. The van der Waals surface area contributed by atoms with Crippen molar-refractivity contribution in [1.82, 2.24) is 0 Å². The van der Waals surface area contributed by atoms with Gasteiger partial charge in [0.05, 0.1) is 5.56 Å². The van der Waals surface area contributed by atoms with E-state index < -0.39 is 5.97 Å². The highest BCUT2D eigenvalue weighted by Crippen LogP contribution is 2.54. The molecular formula is C22H28O3. The average Bonchev–Trinajstić information content (AvgIpc) is 2.54. The molecule has 0 saturated heterocycles. The van der Waals surface area contributed by atoms with Gasteiger partial charge in [-0.3, -0.25) is 0 Å². The van der Waals surface area contributed by atoms with Crippen molar-refractivity contribution >= 4 is 5.97 Å². The Morgan fingerprint density at radius 3 is 2.72 bits per heavy atom. The van der Waals surface area contributed by atoms with Crippen molar-refractivity contribution in [2.75, 3.05) is 0 Å². The average molecular weight is 340 g/mol. The molecule has 0 radical (unpaired) electrons. The minimum absolute atomic E-state index is 0.0696. The van der Waals surface area contributed by atoms with Crippen LogP contribution in [0.4, 0.5) is 0 Å². The van der Waals surface area contributed by atoms with Crippen LogP contribution in [0.3, 0.4) is 0 Å². The van der Waals surface area contributed by atoms with Gasteiger partial charge in [-0.2, -0.15) is 0 Å². The molecular weight excluding hydrogens is 312 g/mol. The summed E-state index contributed by atoms with van der Waals surface area (Å²) in [4.78, 5) is 11.3. The maximum absolute atomic E-state index is 11.3. The zero-order valence-electron chi connectivity index (χ0n) is 15.4. The fraction of sp³-hybridized carbons (Fsp3) is 0.500. The Morgan fingerprint density at radius 2 is 2.04 bits per heavy atom. The largest absolute Gasteiger partial charge is 0.508 e. The highest BCUT2D eigenvalue weighted by Gasteiger charge is 2.43. The SMILES string of the molecule is C=C1CCCC2=C1[C@H](C)C[C@H](C)[C@@]2(C)Cc1cc(C(=O)O)ccc1O. The number of phenolic OH excluding ortho intramolecular Hbond substituents is 1. The lowest BCUT2D eigenvalue weighted by Gasteiger charge is -2.48. The van der Waals surface area contributed by atoms with E-state index in [2.05, 4.69) is 27.4 Å². The van der Waals surface area contributed by atoms with Gasteiger partial charge in [0.2, 0.25) is 0 Å². The van der Waals surface area contributed by atoms with Gasteiger partial charge in [0.15, 0.2) is 0 Å². The molecule has 1 aromatic carbocycles. The molecule has 3 atom stereocenters. The number of carboxylic acids is 1. The lowest BCUT2D eigenvalue weighted by molar-refractivity contribution is 0.0696. The molecule has 3 heteroatoms. The van der Waals surface area contributed by atoms with Gasteiger partial charge in [0.25, 0.3) is 0 Å². The highest BCUT2D eigenvalue weighted by molar-refractivity contribution is 5.88. The van der Waals surface area contributed by atoms with Gasteiger partial charge in [-0.25, -0.2) is 4.79 Å². The summed E-state index contributed by atoms with van der Waals surface area (Å²) in [7, 11) is 0. The van der Waals surface area contributed by atoms with Crippen LogP contribution in [-0.2, 0) is 6.42 Å². The second-order valence-electron chi connectivity index (χ2n) is 8.13. The monoisotopic (exact) mass is 340 g/mol. The van der Waals surface area contributed by atoms with Crippen LogP contribution in [0.25, 0.3) is 0 Å². The van der Waals surface area contributed by atoms with E-state index in [4.69, 9.17) is 0 Å². The number of phenols is 1. The van der Waals surface area contributed by atoms with Gasteiger partial charge in [0, 0.05) is 0 Å². The van der Waals surface area contributed by atoms with Crippen molar-refractivity contribution < 1.29 is 15.0 Å². The zero-order chi connectivity index (χ0) is 18.4. The summed E-state index contributed by atoms with van der Waals surface area (Å²) >= 11 is 0. The molecule has 0 fully saturated rings. The molecule has 25 heavy (non-hydrogen) atoms. The molecule has 2 aliphatic rings. The van der Waals surface area contributed by atoms with Crippen molar-refractivity contribution in [3.8, 4) is 5.75 Å². The Labute approximate surface area is 150 Å². The Kier molecular flexibility index (Phi) is 4.52. The van der Waals surface area contributed by atoms with Crippen molar-refractivity contribution in [2.24, 2.45) is 17.3 Å². The predicted octanol–water partition coefficient (Wildman–Crippen LogP) is 5.35. The predicted molar refractivity (Wildman–Crippen MR) is 99.8 cm³/mol. The number of benzene rings is 1. The normalized spacial score (nSPS) is 29.5. The number of aromatic hydroxyl groups is 1. The third-order valence-electron chi connectivity index (χ3n) is 6.47.